The lowest BCUT2D eigenvalue weighted by Gasteiger charge is -2.08. The number of unbranched alkanes of at least 4 members (excludes halogenated alkanes) is 14. The highest BCUT2D eigenvalue weighted by Gasteiger charge is 1.99. The van der Waals surface area contributed by atoms with Gasteiger partial charge < -0.3 is 4.74 Å². The van der Waals surface area contributed by atoms with Gasteiger partial charge in [0, 0.05) is 5.56 Å². The first-order valence-electron chi connectivity index (χ1n) is 11.2. The summed E-state index contributed by atoms with van der Waals surface area (Å²) in [5, 5.41) is 0. The van der Waals surface area contributed by atoms with Crippen LogP contribution in [0.2, 0.25) is 0 Å². The highest BCUT2D eigenvalue weighted by atomic mass is 16.5. The number of hydrogen-bond donors (Lipinski definition) is 0. The van der Waals surface area contributed by atoms with E-state index in [0.717, 1.165) is 24.3 Å². The minimum Gasteiger partial charge on any atom is -0.493 e. The first-order valence-corrected chi connectivity index (χ1v) is 11.2. The summed E-state index contributed by atoms with van der Waals surface area (Å²) in [5.74, 6) is 0.966. The fraction of sp³-hybridized carbons (Fsp3) is 0.680. The van der Waals surface area contributed by atoms with Crippen LogP contribution >= 0.6 is 0 Å². The molecule has 26 heavy (non-hydrogen) atoms. The molecule has 0 radical (unpaired) electrons. The van der Waals surface area contributed by atoms with E-state index < -0.39 is 0 Å². The molecule has 0 saturated heterocycles. The van der Waals surface area contributed by atoms with E-state index >= 15 is 0 Å². The molecule has 1 aromatic carbocycles. The monoisotopic (exact) mass is 358 g/mol. The Morgan fingerprint density at radius 1 is 0.692 bits per heavy atom. The summed E-state index contributed by atoms with van der Waals surface area (Å²) in [5.41, 5.74) is 1.09. The van der Waals surface area contributed by atoms with Crippen molar-refractivity contribution in [2.45, 2.75) is 103 Å². The van der Waals surface area contributed by atoms with Gasteiger partial charge in [-0.1, -0.05) is 128 Å². The topological polar surface area (TPSA) is 9.23 Å². The van der Waals surface area contributed by atoms with Crippen molar-refractivity contribution >= 4 is 6.08 Å². The van der Waals surface area contributed by atoms with E-state index in [-0.39, 0.29) is 0 Å². The smallest absolute Gasteiger partial charge is 0.126 e. The molecule has 0 aliphatic carbocycles. The molecule has 0 saturated carbocycles. The predicted molar refractivity (Wildman–Crippen MR) is 117 cm³/mol. The normalized spacial score (nSPS) is 10.8. The van der Waals surface area contributed by atoms with Crippen LogP contribution in [0.4, 0.5) is 0 Å². The summed E-state index contributed by atoms with van der Waals surface area (Å²) in [6, 6.07) is 8.13. The fourth-order valence-corrected chi connectivity index (χ4v) is 3.44. The maximum Gasteiger partial charge on any atom is 0.126 e. The maximum atomic E-state index is 5.87. The van der Waals surface area contributed by atoms with Gasteiger partial charge >= 0.3 is 0 Å². The SMILES string of the molecule is C=Cc1ccccc1OCCCCCCCCCCCCCCCCC. The summed E-state index contributed by atoms with van der Waals surface area (Å²) in [4.78, 5) is 0. The van der Waals surface area contributed by atoms with E-state index in [2.05, 4.69) is 19.6 Å². The molecule has 0 aromatic heterocycles. The van der Waals surface area contributed by atoms with Crippen LogP contribution in [0.1, 0.15) is 109 Å². The number of ether oxygens (including phenoxy) is 1. The van der Waals surface area contributed by atoms with Crippen molar-refractivity contribution in [1.82, 2.24) is 0 Å². The standard InChI is InChI=1S/C25H42O/c1-3-5-6-7-8-9-10-11-12-13-14-15-16-17-20-23-26-25-22-19-18-21-24(25)4-2/h4,18-19,21-22H,2-3,5-17,20,23H2,1H3. The lowest BCUT2D eigenvalue weighted by molar-refractivity contribution is 0.303. The first-order chi connectivity index (χ1) is 12.9. The molecule has 0 spiro atoms. The van der Waals surface area contributed by atoms with Gasteiger partial charge in [0.2, 0.25) is 0 Å². The Balaban J connectivity index is 1.80. The van der Waals surface area contributed by atoms with Crippen LogP contribution in [0.5, 0.6) is 5.75 Å². The molecular formula is C25H42O. The summed E-state index contributed by atoms with van der Waals surface area (Å²) >= 11 is 0. The summed E-state index contributed by atoms with van der Waals surface area (Å²) < 4.78 is 5.87. The van der Waals surface area contributed by atoms with Crippen LogP contribution < -0.4 is 4.74 Å². The van der Waals surface area contributed by atoms with Gasteiger partial charge in [0.05, 0.1) is 6.61 Å². The van der Waals surface area contributed by atoms with Crippen LogP contribution in [0.3, 0.4) is 0 Å². The van der Waals surface area contributed by atoms with Crippen molar-refractivity contribution in [3.8, 4) is 5.75 Å². The van der Waals surface area contributed by atoms with E-state index in [9.17, 15) is 0 Å². The summed E-state index contributed by atoms with van der Waals surface area (Å²) in [6.45, 7) is 6.95. The molecule has 1 aromatic rings. The lowest BCUT2D eigenvalue weighted by Crippen LogP contribution is -1.98. The zero-order valence-corrected chi connectivity index (χ0v) is 17.3. The van der Waals surface area contributed by atoms with Crippen LogP contribution in [-0.2, 0) is 0 Å². The second-order valence-electron chi connectivity index (χ2n) is 7.54. The van der Waals surface area contributed by atoms with E-state index in [1.807, 2.05) is 24.3 Å². The maximum absolute atomic E-state index is 5.87. The zero-order chi connectivity index (χ0) is 18.7. The van der Waals surface area contributed by atoms with Gasteiger partial charge in [-0.15, -0.1) is 0 Å². The molecular weight excluding hydrogens is 316 g/mol. The molecule has 0 atom stereocenters. The van der Waals surface area contributed by atoms with Gasteiger partial charge in [0.25, 0.3) is 0 Å². The molecule has 0 bridgehead atoms. The average molecular weight is 359 g/mol. The zero-order valence-electron chi connectivity index (χ0n) is 17.3. The Kier molecular flexibility index (Phi) is 15.1. The van der Waals surface area contributed by atoms with Gasteiger partial charge in [0.15, 0.2) is 0 Å². The summed E-state index contributed by atoms with van der Waals surface area (Å²) in [6.07, 6.45) is 22.8. The molecule has 148 valence electrons. The molecule has 1 nitrogen and oxygen atoms in total. The minimum absolute atomic E-state index is 0.823. The average Bonchev–Trinajstić information content (AvgIpc) is 2.68. The molecule has 0 aliphatic rings. The highest BCUT2D eigenvalue weighted by molar-refractivity contribution is 5.55. The third-order valence-electron chi connectivity index (χ3n) is 5.14. The Labute approximate surface area is 163 Å². The predicted octanol–water partition coefficient (Wildman–Crippen LogP) is 8.58. The third-order valence-corrected chi connectivity index (χ3v) is 5.14. The highest BCUT2D eigenvalue weighted by Crippen LogP contribution is 2.19. The van der Waals surface area contributed by atoms with Gasteiger partial charge in [-0.05, 0) is 12.5 Å². The van der Waals surface area contributed by atoms with Gasteiger partial charge in [0.1, 0.15) is 5.75 Å². The molecule has 0 aliphatic heterocycles. The number of benzene rings is 1. The molecule has 0 amide bonds. The first kappa shape index (κ1) is 22.8. The molecule has 0 fully saturated rings. The van der Waals surface area contributed by atoms with Crippen molar-refractivity contribution < 1.29 is 4.74 Å². The van der Waals surface area contributed by atoms with E-state index in [4.69, 9.17) is 4.74 Å². The van der Waals surface area contributed by atoms with Crippen LogP contribution in [-0.4, -0.2) is 6.61 Å². The Hall–Kier alpha value is -1.24. The van der Waals surface area contributed by atoms with Crippen molar-refractivity contribution in [3.63, 3.8) is 0 Å². The van der Waals surface area contributed by atoms with Gasteiger partial charge in [-0.3, -0.25) is 0 Å². The van der Waals surface area contributed by atoms with E-state index in [1.54, 1.807) is 0 Å². The second kappa shape index (κ2) is 17.2. The van der Waals surface area contributed by atoms with Crippen molar-refractivity contribution in [1.29, 1.82) is 0 Å². The second-order valence-corrected chi connectivity index (χ2v) is 7.54. The molecule has 0 heterocycles. The van der Waals surface area contributed by atoms with E-state index in [1.165, 1.54) is 89.9 Å². The Bertz CT molecular complexity index is 438. The van der Waals surface area contributed by atoms with Crippen molar-refractivity contribution in [2.24, 2.45) is 0 Å². The molecule has 1 heteroatoms. The van der Waals surface area contributed by atoms with Crippen LogP contribution in [0, 0.1) is 0 Å². The quantitative estimate of drug-likeness (QED) is 0.239. The van der Waals surface area contributed by atoms with Crippen LogP contribution in [0.25, 0.3) is 6.08 Å². The third kappa shape index (κ3) is 12.2. The van der Waals surface area contributed by atoms with E-state index in [0.29, 0.717) is 0 Å². The largest absolute Gasteiger partial charge is 0.493 e. The minimum atomic E-state index is 0.823. The van der Waals surface area contributed by atoms with Crippen molar-refractivity contribution in [2.75, 3.05) is 6.61 Å². The van der Waals surface area contributed by atoms with Crippen molar-refractivity contribution in [3.05, 3.63) is 36.4 Å². The summed E-state index contributed by atoms with van der Waals surface area (Å²) in [7, 11) is 0. The molecule has 0 unspecified atom stereocenters. The molecule has 1 rings (SSSR count). The number of rotatable bonds is 18. The number of para-hydroxylation sites is 1. The van der Waals surface area contributed by atoms with Gasteiger partial charge in [-0.2, -0.15) is 0 Å². The van der Waals surface area contributed by atoms with Crippen LogP contribution in [0.15, 0.2) is 30.8 Å². The number of hydrogen-bond acceptors (Lipinski definition) is 1. The Morgan fingerprint density at radius 3 is 1.65 bits per heavy atom. The lowest BCUT2D eigenvalue weighted by atomic mass is 10.0. The Morgan fingerprint density at radius 2 is 1.15 bits per heavy atom. The fourth-order valence-electron chi connectivity index (χ4n) is 3.44. The van der Waals surface area contributed by atoms with Gasteiger partial charge in [-0.25, -0.2) is 0 Å². The molecule has 0 N–H and O–H groups in total.